The van der Waals surface area contributed by atoms with Crippen molar-refractivity contribution in [1.82, 2.24) is 4.98 Å². The molecule has 0 bridgehead atoms. The van der Waals surface area contributed by atoms with E-state index < -0.39 is 0 Å². The van der Waals surface area contributed by atoms with Crippen LogP contribution in [0.3, 0.4) is 0 Å². The maximum atomic E-state index is 5.92. The molecule has 1 heterocycles. The zero-order valence-corrected chi connectivity index (χ0v) is 12.1. The minimum Gasteiger partial charge on any atom is -0.439 e. The highest BCUT2D eigenvalue weighted by Gasteiger charge is 2.06. The Balaban J connectivity index is 2.29. The maximum Gasteiger partial charge on any atom is 0.219 e. The van der Waals surface area contributed by atoms with E-state index in [9.17, 15) is 0 Å². The van der Waals surface area contributed by atoms with Gasteiger partial charge in [-0.25, -0.2) is 4.98 Å². The summed E-state index contributed by atoms with van der Waals surface area (Å²) < 4.78 is 5.87. The van der Waals surface area contributed by atoms with Crippen molar-refractivity contribution in [1.29, 1.82) is 0 Å². The first-order chi connectivity index (χ1) is 9.22. The molecule has 1 aromatic heterocycles. The van der Waals surface area contributed by atoms with Gasteiger partial charge in [-0.15, -0.1) is 11.6 Å². The van der Waals surface area contributed by atoms with Crippen LogP contribution in [-0.4, -0.2) is 4.98 Å². The third kappa shape index (κ3) is 3.71. The number of aromatic nitrogens is 1. The monoisotopic (exact) mass is 275 g/mol. The molecule has 0 saturated heterocycles. The van der Waals surface area contributed by atoms with E-state index in [1.165, 1.54) is 0 Å². The van der Waals surface area contributed by atoms with E-state index in [-0.39, 0.29) is 0 Å². The second-order valence-electron chi connectivity index (χ2n) is 4.56. The van der Waals surface area contributed by atoms with Gasteiger partial charge in [0.1, 0.15) is 5.75 Å². The summed E-state index contributed by atoms with van der Waals surface area (Å²) in [6.45, 7) is 4.16. The van der Waals surface area contributed by atoms with Crippen molar-refractivity contribution in [3.63, 3.8) is 0 Å². The van der Waals surface area contributed by atoms with Gasteiger partial charge in [0, 0.05) is 17.6 Å². The minimum atomic E-state index is 0.476. The fourth-order valence-electron chi connectivity index (χ4n) is 1.92. The van der Waals surface area contributed by atoms with Gasteiger partial charge in [0.05, 0.1) is 0 Å². The lowest BCUT2D eigenvalue weighted by Crippen LogP contribution is -1.96. The minimum absolute atomic E-state index is 0.476. The fourth-order valence-corrected chi connectivity index (χ4v) is 2.07. The Morgan fingerprint density at radius 3 is 2.68 bits per heavy atom. The molecule has 0 saturated carbocycles. The van der Waals surface area contributed by atoms with Crippen LogP contribution in [0.5, 0.6) is 11.6 Å². The first-order valence-electron chi connectivity index (χ1n) is 6.52. The molecule has 0 unspecified atom stereocenters. The van der Waals surface area contributed by atoms with E-state index in [1.807, 2.05) is 43.3 Å². The number of ether oxygens (including phenoxy) is 1. The van der Waals surface area contributed by atoms with Crippen LogP contribution in [-0.2, 0) is 12.3 Å². The average molecular weight is 276 g/mol. The number of halogens is 1. The molecule has 0 amide bonds. The van der Waals surface area contributed by atoms with E-state index in [0.717, 1.165) is 35.4 Å². The SMILES string of the molecule is CCCc1cc(CCl)cc(Oc2ccccc2C)n1. The molecule has 0 aliphatic rings. The molecular formula is C16H18ClNO. The summed E-state index contributed by atoms with van der Waals surface area (Å²) >= 11 is 5.92. The summed E-state index contributed by atoms with van der Waals surface area (Å²) in [5.41, 5.74) is 3.17. The van der Waals surface area contributed by atoms with Crippen molar-refractivity contribution in [2.45, 2.75) is 32.6 Å². The first-order valence-corrected chi connectivity index (χ1v) is 7.05. The van der Waals surface area contributed by atoms with Crippen molar-refractivity contribution in [3.8, 4) is 11.6 Å². The number of pyridine rings is 1. The number of alkyl halides is 1. The molecule has 2 nitrogen and oxygen atoms in total. The smallest absolute Gasteiger partial charge is 0.219 e. The zero-order chi connectivity index (χ0) is 13.7. The molecule has 0 N–H and O–H groups in total. The van der Waals surface area contributed by atoms with Crippen LogP contribution in [0, 0.1) is 6.92 Å². The lowest BCUT2D eigenvalue weighted by atomic mass is 10.2. The van der Waals surface area contributed by atoms with Crippen molar-refractivity contribution in [2.75, 3.05) is 0 Å². The molecule has 0 spiro atoms. The van der Waals surface area contributed by atoms with Crippen LogP contribution in [0.15, 0.2) is 36.4 Å². The zero-order valence-electron chi connectivity index (χ0n) is 11.3. The Labute approximate surface area is 119 Å². The number of nitrogens with zero attached hydrogens (tertiary/aromatic N) is 1. The van der Waals surface area contributed by atoms with Gasteiger partial charge in [-0.1, -0.05) is 31.5 Å². The number of hydrogen-bond donors (Lipinski definition) is 0. The summed E-state index contributed by atoms with van der Waals surface area (Å²) in [4.78, 5) is 4.53. The number of para-hydroxylation sites is 1. The van der Waals surface area contributed by atoms with Crippen molar-refractivity contribution < 1.29 is 4.74 Å². The van der Waals surface area contributed by atoms with Gasteiger partial charge >= 0.3 is 0 Å². The molecule has 19 heavy (non-hydrogen) atoms. The van der Waals surface area contributed by atoms with E-state index in [2.05, 4.69) is 11.9 Å². The van der Waals surface area contributed by atoms with E-state index in [4.69, 9.17) is 16.3 Å². The van der Waals surface area contributed by atoms with Gasteiger partial charge < -0.3 is 4.74 Å². The van der Waals surface area contributed by atoms with Crippen molar-refractivity contribution >= 4 is 11.6 Å². The molecule has 0 aliphatic carbocycles. The quantitative estimate of drug-likeness (QED) is 0.726. The lowest BCUT2D eigenvalue weighted by Gasteiger charge is -2.10. The normalized spacial score (nSPS) is 10.5. The number of rotatable bonds is 5. The summed E-state index contributed by atoms with van der Waals surface area (Å²) in [5.74, 6) is 1.93. The molecule has 2 aromatic rings. The molecule has 0 radical (unpaired) electrons. The largest absolute Gasteiger partial charge is 0.439 e. The summed E-state index contributed by atoms with van der Waals surface area (Å²) in [7, 11) is 0. The molecule has 0 aliphatic heterocycles. The van der Waals surface area contributed by atoms with E-state index in [0.29, 0.717) is 11.8 Å². The lowest BCUT2D eigenvalue weighted by molar-refractivity contribution is 0.456. The number of aryl methyl sites for hydroxylation is 2. The molecule has 0 fully saturated rings. The Hall–Kier alpha value is -1.54. The van der Waals surface area contributed by atoms with E-state index >= 15 is 0 Å². The van der Waals surface area contributed by atoms with E-state index in [1.54, 1.807) is 0 Å². The van der Waals surface area contributed by atoms with Gasteiger partial charge in [-0.05, 0) is 36.6 Å². The van der Waals surface area contributed by atoms with Gasteiger partial charge in [-0.2, -0.15) is 0 Å². The van der Waals surface area contributed by atoms with Crippen LogP contribution in [0.2, 0.25) is 0 Å². The number of hydrogen-bond acceptors (Lipinski definition) is 2. The Kier molecular flexibility index (Phi) is 4.80. The van der Waals surface area contributed by atoms with Gasteiger partial charge in [0.2, 0.25) is 5.88 Å². The van der Waals surface area contributed by atoms with Crippen LogP contribution in [0.4, 0.5) is 0 Å². The third-order valence-corrected chi connectivity index (χ3v) is 3.19. The highest BCUT2D eigenvalue weighted by Crippen LogP contribution is 2.25. The van der Waals surface area contributed by atoms with Crippen LogP contribution >= 0.6 is 11.6 Å². The van der Waals surface area contributed by atoms with Gasteiger partial charge in [0.15, 0.2) is 0 Å². The fraction of sp³-hybridized carbons (Fsp3) is 0.312. The second kappa shape index (κ2) is 6.58. The van der Waals surface area contributed by atoms with Crippen LogP contribution in [0.1, 0.15) is 30.2 Å². The summed E-state index contributed by atoms with van der Waals surface area (Å²) in [5, 5.41) is 0. The molecular weight excluding hydrogens is 258 g/mol. The summed E-state index contributed by atoms with van der Waals surface area (Å²) in [6, 6.07) is 11.9. The highest BCUT2D eigenvalue weighted by atomic mass is 35.5. The second-order valence-corrected chi connectivity index (χ2v) is 4.82. The third-order valence-electron chi connectivity index (χ3n) is 2.88. The highest BCUT2D eigenvalue weighted by molar-refractivity contribution is 6.17. The summed E-state index contributed by atoms with van der Waals surface area (Å²) in [6.07, 6.45) is 2.00. The molecule has 3 heteroatoms. The topological polar surface area (TPSA) is 22.1 Å². The maximum absolute atomic E-state index is 5.92. The predicted molar refractivity (Wildman–Crippen MR) is 79.0 cm³/mol. The van der Waals surface area contributed by atoms with Crippen LogP contribution in [0.25, 0.3) is 0 Å². The van der Waals surface area contributed by atoms with Gasteiger partial charge in [-0.3, -0.25) is 0 Å². The first kappa shape index (κ1) is 13.9. The standard InChI is InChI=1S/C16H18ClNO/c1-3-6-14-9-13(11-17)10-16(18-14)19-15-8-5-4-7-12(15)2/h4-5,7-10H,3,6,11H2,1-2H3. The Morgan fingerprint density at radius 1 is 1.21 bits per heavy atom. The number of benzene rings is 1. The molecule has 2 rings (SSSR count). The van der Waals surface area contributed by atoms with Crippen molar-refractivity contribution in [3.05, 3.63) is 53.2 Å². The molecule has 1 aromatic carbocycles. The van der Waals surface area contributed by atoms with Crippen LogP contribution < -0.4 is 4.74 Å². The molecule has 0 atom stereocenters. The van der Waals surface area contributed by atoms with Gasteiger partial charge in [0.25, 0.3) is 0 Å². The predicted octanol–water partition coefficient (Wildman–Crippen LogP) is 4.87. The Bertz CT molecular complexity index is 554. The average Bonchev–Trinajstić information content (AvgIpc) is 2.41. The van der Waals surface area contributed by atoms with Crippen molar-refractivity contribution in [2.24, 2.45) is 0 Å². The Morgan fingerprint density at radius 2 is 2.00 bits per heavy atom. The molecule has 100 valence electrons.